The average molecular weight is 353 g/mol. The Morgan fingerprint density at radius 2 is 1.77 bits per heavy atom. The fraction of sp³-hybridized carbons (Fsp3) is 0.409. The minimum Gasteiger partial charge on any atom is -0.454 e. The molecule has 1 atom stereocenters. The average Bonchev–Trinajstić information content (AvgIpc) is 3.07. The fourth-order valence-corrected chi connectivity index (χ4v) is 3.01. The molecule has 1 N–H and O–H groups in total. The molecule has 2 aromatic carbocycles. The molecule has 1 heterocycles. The number of benzene rings is 2. The normalized spacial score (nSPS) is 14.2. The van der Waals surface area contributed by atoms with Gasteiger partial charge in [-0.2, -0.15) is 0 Å². The fourth-order valence-electron chi connectivity index (χ4n) is 3.01. The molecule has 0 fully saturated rings. The van der Waals surface area contributed by atoms with Crippen molar-refractivity contribution in [2.45, 2.75) is 52.0 Å². The van der Waals surface area contributed by atoms with Crippen LogP contribution >= 0.6 is 0 Å². The van der Waals surface area contributed by atoms with Crippen LogP contribution in [0.15, 0.2) is 42.5 Å². The second-order valence-electron chi connectivity index (χ2n) is 7.85. The molecule has 0 saturated heterocycles. The number of rotatable bonds is 5. The van der Waals surface area contributed by atoms with Crippen LogP contribution in [0.3, 0.4) is 0 Å². The zero-order valence-electron chi connectivity index (χ0n) is 16.0. The van der Waals surface area contributed by atoms with Gasteiger partial charge in [0, 0.05) is 6.42 Å². The number of carbonyl (C=O) groups is 1. The van der Waals surface area contributed by atoms with Gasteiger partial charge in [0.25, 0.3) is 0 Å². The highest BCUT2D eigenvalue weighted by Gasteiger charge is 2.17. The minimum absolute atomic E-state index is 0.0510. The SMILES string of the molecule is CC(NC(=O)CCc1ccc(C(C)(C)C)cc1)c1ccc2c(c1)OCO2. The summed E-state index contributed by atoms with van der Waals surface area (Å²) in [4.78, 5) is 12.3. The van der Waals surface area contributed by atoms with E-state index in [9.17, 15) is 4.79 Å². The number of hydrogen-bond donors (Lipinski definition) is 1. The third-order valence-electron chi connectivity index (χ3n) is 4.73. The standard InChI is InChI=1S/C22H27NO3/c1-15(17-8-11-19-20(13-17)26-14-25-19)23-21(24)12-7-16-5-9-18(10-6-16)22(2,3)4/h5-6,8-11,13,15H,7,12,14H2,1-4H3,(H,23,24). The summed E-state index contributed by atoms with van der Waals surface area (Å²) in [5, 5.41) is 3.06. The minimum atomic E-state index is -0.0692. The van der Waals surface area contributed by atoms with Gasteiger partial charge in [0.15, 0.2) is 11.5 Å². The Bertz CT molecular complexity index is 775. The molecule has 0 aromatic heterocycles. The molecule has 0 spiro atoms. The lowest BCUT2D eigenvalue weighted by Crippen LogP contribution is -2.26. The molecule has 4 heteroatoms. The quantitative estimate of drug-likeness (QED) is 0.859. The highest BCUT2D eigenvalue weighted by Crippen LogP contribution is 2.34. The third-order valence-corrected chi connectivity index (χ3v) is 4.73. The van der Waals surface area contributed by atoms with Gasteiger partial charge in [-0.1, -0.05) is 51.1 Å². The van der Waals surface area contributed by atoms with Crippen molar-refractivity contribution in [3.05, 3.63) is 59.2 Å². The molecule has 138 valence electrons. The summed E-state index contributed by atoms with van der Waals surface area (Å²) in [5.41, 5.74) is 3.65. The molecule has 0 aliphatic carbocycles. The van der Waals surface area contributed by atoms with E-state index in [1.165, 1.54) is 11.1 Å². The molecular weight excluding hydrogens is 326 g/mol. The number of amides is 1. The lowest BCUT2D eigenvalue weighted by atomic mass is 9.86. The van der Waals surface area contributed by atoms with Gasteiger partial charge in [-0.15, -0.1) is 0 Å². The van der Waals surface area contributed by atoms with Crippen molar-refractivity contribution < 1.29 is 14.3 Å². The van der Waals surface area contributed by atoms with Crippen molar-refractivity contribution in [1.82, 2.24) is 5.32 Å². The van der Waals surface area contributed by atoms with Crippen molar-refractivity contribution >= 4 is 5.91 Å². The Morgan fingerprint density at radius 3 is 2.46 bits per heavy atom. The second kappa shape index (κ2) is 7.40. The molecule has 1 unspecified atom stereocenters. The van der Waals surface area contributed by atoms with Crippen LogP contribution in [-0.2, 0) is 16.6 Å². The van der Waals surface area contributed by atoms with Crippen LogP contribution in [0.5, 0.6) is 11.5 Å². The van der Waals surface area contributed by atoms with Gasteiger partial charge in [-0.3, -0.25) is 4.79 Å². The van der Waals surface area contributed by atoms with Gasteiger partial charge in [-0.05, 0) is 47.6 Å². The lowest BCUT2D eigenvalue weighted by Gasteiger charge is -2.19. The summed E-state index contributed by atoms with van der Waals surface area (Å²) < 4.78 is 10.7. The summed E-state index contributed by atoms with van der Waals surface area (Å²) in [6, 6.07) is 14.3. The molecule has 0 saturated carbocycles. The van der Waals surface area contributed by atoms with E-state index in [2.05, 4.69) is 50.4 Å². The number of fused-ring (bicyclic) bond motifs is 1. The Labute approximate surface area is 155 Å². The van der Waals surface area contributed by atoms with E-state index >= 15 is 0 Å². The van der Waals surface area contributed by atoms with E-state index in [1.807, 2.05) is 25.1 Å². The molecular formula is C22H27NO3. The van der Waals surface area contributed by atoms with E-state index in [-0.39, 0.29) is 24.2 Å². The van der Waals surface area contributed by atoms with E-state index < -0.39 is 0 Å². The number of carbonyl (C=O) groups excluding carboxylic acids is 1. The predicted octanol–water partition coefficient (Wildman–Crippen LogP) is 4.52. The topological polar surface area (TPSA) is 47.6 Å². The van der Waals surface area contributed by atoms with Crippen molar-refractivity contribution in [3.8, 4) is 11.5 Å². The van der Waals surface area contributed by atoms with E-state index in [0.29, 0.717) is 6.42 Å². The van der Waals surface area contributed by atoms with Crippen LogP contribution in [0.2, 0.25) is 0 Å². The predicted molar refractivity (Wildman–Crippen MR) is 103 cm³/mol. The van der Waals surface area contributed by atoms with Crippen LogP contribution in [0.1, 0.15) is 56.8 Å². The van der Waals surface area contributed by atoms with Gasteiger partial charge >= 0.3 is 0 Å². The van der Waals surface area contributed by atoms with E-state index in [0.717, 1.165) is 23.5 Å². The summed E-state index contributed by atoms with van der Waals surface area (Å²) in [5.74, 6) is 1.54. The van der Waals surface area contributed by atoms with Gasteiger partial charge in [-0.25, -0.2) is 0 Å². The van der Waals surface area contributed by atoms with E-state index in [1.54, 1.807) is 0 Å². The van der Waals surface area contributed by atoms with E-state index in [4.69, 9.17) is 9.47 Å². The van der Waals surface area contributed by atoms with Crippen molar-refractivity contribution in [1.29, 1.82) is 0 Å². The first kappa shape index (κ1) is 18.3. The maximum absolute atomic E-state index is 12.3. The summed E-state index contributed by atoms with van der Waals surface area (Å²) >= 11 is 0. The van der Waals surface area contributed by atoms with Crippen molar-refractivity contribution in [2.75, 3.05) is 6.79 Å². The van der Waals surface area contributed by atoms with Crippen LogP contribution in [0.25, 0.3) is 0 Å². The maximum atomic E-state index is 12.3. The van der Waals surface area contributed by atoms with Crippen molar-refractivity contribution in [3.63, 3.8) is 0 Å². The maximum Gasteiger partial charge on any atom is 0.231 e. The summed E-state index contributed by atoms with van der Waals surface area (Å²) in [6.45, 7) is 8.84. The number of nitrogens with one attached hydrogen (secondary N) is 1. The molecule has 1 aliphatic heterocycles. The number of ether oxygens (including phenoxy) is 2. The van der Waals surface area contributed by atoms with Crippen LogP contribution in [0.4, 0.5) is 0 Å². The first-order valence-electron chi connectivity index (χ1n) is 9.11. The van der Waals surface area contributed by atoms with Crippen LogP contribution in [-0.4, -0.2) is 12.7 Å². The first-order valence-corrected chi connectivity index (χ1v) is 9.11. The smallest absolute Gasteiger partial charge is 0.231 e. The molecule has 1 amide bonds. The monoisotopic (exact) mass is 353 g/mol. The van der Waals surface area contributed by atoms with Gasteiger partial charge in [0.05, 0.1) is 6.04 Å². The highest BCUT2D eigenvalue weighted by atomic mass is 16.7. The Hall–Kier alpha value is -2.49. The molecule has 0 radical (unpaired) electrons. The second-order valence-corrected chi connectivity index (χ2v) is 7.85. The van der Waals surface area contributed by atoms with Crippen LogP contribution < -0.4 is 14.8 Å². The first-order chi connectivity index (χ1) is 12.3. The summed E-state index contributed by atoms with van der Waals surface area (Å²) in [6.07, 6.45) is 1.22. The zero-order valence-corrected chi connectivity index (χ0v) is 16.0. The molecule has 26 heavy (non-hydrogen) atoms. The van der Waals surface area contributed by atoms with Crippen molar-refractivity contribution in [2.24, 2.45) is 0 Å². The van der Waals surface area contributed by atoms with Crippen LogP contribution in [0, 0.1) is 0 Å². The molecule has 3 rings (SSSR count). The molecule has 2 aromatic rings. The van der Waals surface area contributed by atoms with Gasteiger partial charge in [0.2, 0.25) is 12.7 Å². The zero-order chi connectivity index (χ0) is 18.7. The Morgan fingerprint density at radius 1 is 1.08 bits per heavy atom. The summed E-state index contributed by atoms with van der Waals surface area (Å²) in [7, 11) is 0. The lowest BCUT2D eigenvalue weighted by molar-refractivity contribution is -0.121. The molecule has 4 nitrogen and oxygen atoms in total. The number of aryl methyl sites for hydroxylation is 1. The Balaban J connectivity index is 1.52. The molecule has 1 aliphatic rings. The Kier molecular flexibility index (Phi) is 5.21. The third kappa shape index (κ3) is 4.37. The molecule has 0 bridgehead atoms. The van der Waals surface area contributed by atoms with Gasteiger partial charge in [0.1, 0.15) is 0 Å². The van der Waals surface area contributed by atoms with Gasteiger partial charge < -0.3 is 14.8 Å². The highest BCUT2D eigenvalue weighted by molar-refractivity contribution is 5.76. The number of hydrogen-bond acceptors (Lipinski definition) is 3. The largest absolute Gasteiger partial charge is 0.454 e.